The molecule has 1 aliphatic heterocycles. The van der Waals surface area contributed by atoms with Crippen molar-refractivity contribution in [1.82, 2.24) is 4.98 Å². The van der Waals surface area contributed by atoms with Crippen LogP contribution in [-0.2, 0) is 4.74 Å². The molecule has 0 bridgehead atoms. The number of aromatic nitrogens is 1. The van der Waals surface area contributed by atoms with Crippen LogP contribution in [0, 0.1) is 6.92 Å². The van der Waals surface area contributed by atoms with Gasteiger partial charge in [-0.1, -0.05) is 5.16 Å². The lowest BCUT2D eigenvalue weighted by molar-refractivity contribution is 0.122. The van der Waals surface area contributed by atoms with Crippen molar-refractivity contribution in [2.45, 2.75) is 6.92 Å². The Labute approximate surface area is 94.4 Å². The number of rotatable bonds is 2. The van der Waals surface area contributed by atoms with Crippen LogP contribution in [0.1, 0.15) is 11.1 Å². The van der Waals surface area contributed by atoms with E-state index in [0.717, 1.165) is 43.2 Å². The first kappa shape index (κ1) is 10.9. The average Bonchev–Trinajstić information content (AvgIpc) is 2.31. The monoisotopic (exact) mass is 221 g/mol. The quantitative estimate of drug-likeness (QED) is 0.460. The van der Waals surface area contributed by atoms with Crippen LogP contribution >= 0.6 is 0 Å². The normalized spacial score (nSPS) is 16.9. The zero-order valence-corrected chi connectivity index (χ0v) is 9.26. The summed E-state index contributed by atoms with van der Waals surface area (Å²) in [7, 11) is 0. The second-order valence-electron chi connectivity index (χ2n) is 3.75. The maximum atomic E-state index is 8.44. The van der Waals surface area contributed by atoms with E-state index < -0.39 is 0 Å². The van der Waals surface area contributed by atoms with Gasteiger partial charge in [0.05, 0.1) is 19.4 Å². The van der Waals surface area contributed by atoms with E-state index in [1.54, 1.807) is 6.20 Å². The first-order chi connectivity index (χ1) is 7.81. The number of ether oxygens (including phenoxy) is 1. The average molecular weight is 221 g/mol. The summed E-state index contributed by atoms with van der Waals surface area (Å²) in [6, 6.07) is 1.96. The van der Waals surface area contributed by atoms with E-state index >= 15 is 0 Å². The Balaban J connectivity index is 2.21. The topological polar surface area (TPSA) is 58.0 Å². The predicted octanol–water partition coefficient (Wildman–Crippen LogP) is 1.03. The molecular formula is C11H15N3O2. The third-order valence-corrected chi connectivity index (χ3v) is 2.59. The molecule has 0 unspecified atom stereocenters. The Bertz CT molecular complexity index is 387. The van der Waals surface area contributed by atoms with Gasteiger partial charge in [0.2, 0.25) is 0 Å². The number of anilines is 1. The minimum Gasteiger partial charge on any atom is -0.411 e. The van der Waals surface area contributed by atoms with Crippen LogP contribution in [0.25, 0.3) is 0 Å². The highest BCUT2D eigenvalue weighted by Crippen LogP contribution is 2.18. The smallest absolute Gasteiger partial charge is 0.131 e. The highest BCUT2D eigenvalue weighted by Gasteiger charge is 2.14. The van der Waals surface area contributed by atoms with E-state index in [9.17, 15) is 0 Å². The lowest BCUT2D eigenvalue weighted by atomic mass is 10.2. The van der Waals surface area contributed by atoms with Gasteiger partial charge in [-0.3, -0.25) is 0 Å². The second kappa shape index (κ2) is 4.94. The molecule has 0 atom stereocenters. The molecule has 0 aliphatic carbocycles. The lowest BCUT2D eigenvalue weighted by Crippen LogP contribution is -2.37. The maximum Gasteiger partial charge on any atom is 0.131 e. The zero-order valence-electron chi connectivity index (χ0n) is 9.26. The molecule has 0 radical (unpaired) electrons. The summed E-state index contributed by atoms with van der Waals surface area (Å²) in [4.78, 5) is 6.60. The van der Waals surface area contributed by atoms with E-state index in [2.05, 4.69) is 15.0 Å². The lowest BCUT2D eigenvalue weighted by Gasteiger charge is -2.29. The number of hydrogen-bond donors (Lipinski definition) is 1. The van der Waals surface area contributed by atoms with Crippen LogP contribution in [-0.4, -0.2) is 42.7 Å². The van der Waals surface area contributed by atoms with E-state index in [1.807, 2.05) is 13.0 Å². The number of pyridine rings is 1. The summed E-state index contributed by atoms with van der Waals surface area (Å²) in [5.74, 6) is 0.985. The summed E-state index contributed by atoms with van der Waals surface area (Å²) >= 11 is 0. The number of morpholine rings is 1. The SMILES string of the molecule is Cc1cc(/C=N\O)cnc1N1CCOCC1. The van der Waals surface area contributed by atoms with Crippen molar-refractivity contribution in [2.24, 2.45) is 5.16 Å². The fraction of sp³-hybridized carbons (Fsp3) is 0.455. The van der Waals surface area contributed by atoms with Gasteiger partial charge in [0.1, 0.15) is 5.82 Å². The summed E-state index contributed by atoms with van der Waals surface area (Å²) in [5, 5.41) is 11.4. The molecule has 0 spiro atoms. The Kier molecular flexibility index (Phi) is 3.36. The van der Waals surface area contributed by atoms with Crippen LogP contribution < -0.4 is 4.90 Å². The van der Waals surface area contributed by atoms with Gasteiger partial charge in [-0.25, -0.2) is 4.98 Å². The molecule has 1 aliphatic rings. The Morgan fingerprint density at radius 2 is 2.25 bits per heavy atom. The van der Waals surface area contributed by atoms with Gasteiger partial charge < -0.3 is 14.8 Å². The van der Waals surface area contributed by atoms with Crippen molar-refractivity contribution < 1.29 is 9.94 Å². The van der Waals surface area contributed by atoms with Crippen LogP contribution in [0.5, 0.6) is 0 Å². The zero-order chi connectivity index (χ0) is 11.4. The van der Waals surface area contributed by atoms with Gasteiger partial charge in [-0.2, -0.15) is 0 Å². The molecule has 86 valence electrons. The number of hydrogen-bond acceptors (Lipinski definition) is 5. The molecule has 1 aromatic heterocycles. The van der Waals surface area contributed by atoms with Crippen molar-refractivity contribution >= 4 is 12.0 Å². The van der Waals surface area contributed by atoms with E-state index in [0.29, 0.717) is 0 Å². The molecule has 0 saturated carbocycles. The van der Waals surface area contributed by atoms with Crippen molar-refractivity contribution in [1.29, 1.82) is 0 Å². The largest absolute Gasteiger partial charge is 0.411 e. The predicted molar refractivity (Wildman–Crippen MR) is 61.4 cm³/mol. The van der Waals surface area contributed by atoms with E-state index in [-0.39, 0.29) is 0 Å². The van der Waals surface area contributed by atoms with Gasteiger partial charge in [0.15, 0.2) is 0 Å². The van der Waals surface area contributed by atoms with E-state index in [1.165, 1.54) is 6.21 Å². The van der Waals surface area contributed by atoms with Crippen molar-refractivity contribution in [3.8, 4) is 0 Å². The molecular weight excluding hydrogens is 206 g/mol. The Hall–Kier alpha value is -1.62. The first-order valence-electron chi connectivity index (χ1n) is 5.28. The third kappa shape index (κ3) is 2.30. The molecule has 5 heteroatoms. The molecule has 1 fully saturated rings. The molecule has 5 nitrogen and oxygen atoms in total. The molecule has 2 rings (SSSR count). The van der Waals surface area contributed by atoms with Crippen LogP contribution in [0.4, 0.5) is 5.82 Å². The van der Waals surface area contributed by atoms with Crippen LogP contribution in [0.3, 0.4) is 0 Å². The molecule has 0 amide bonds. The number of oxime groups is 1. The Morgan fingerprint density at radius 3 is 2.88 bits per heavy atom. The fourth-order valence-corrected chi connectivity index (χ4v) is 1.83. The van der Waals surface area contributed by atoms with Gasteiger partial charge in [0, 0.05) is 24.8 Å². The van der Waals surface area contributed by atoms with Crippen molar-refractivity contribution in [2.75, 3.05) is 31.2 Å². The molecule has 1 N–H and O–H groups in total. The molecule has 1 aromatic rings. The summed E-state index contributed by atoms with van der Waals surface area (Å²) in [6.07, 6.45) is 3.08. The summed E-state index contributed by atoms with van der Waals surface area (Å²) < 4.78 is 5.30. The summed E-state index contributed by atoms with van der Waals surface area (Å²) in [5.41, 5.74) is 1.89. The third-order valence-electron chi connectivity index (χ3n) is 2.59. The minimum atomic E-state index is 0.751. The van der Waals surface area contributed by atoms with Crippen molar-refractivity contribution in [3.63, 3.8) is 0 Å². The number of aryl methyl sites for hydroxylation is 1. The molecule has 2 heterocycles. The van der Waals surface area contributed by atoms with Gasteiger partial charge in [0.25, 0.3) is 0 Å². The van der Waals surface area contributed by atoms with Crippen LogP contribution in [0.2, 0.25) is 0 Å². The maximum absolute atomic E-state index is 8.44. The van der Waals surface area contributed by atoms with Gasteiger partial charge in [-0.05, 0) is 18.6 Å². The highest BCUT2D eigenvalue weighted by molar-refractivity contribution is 5.79. The van der Waals surface area contributed by atoms with Gasteiger partial charge in [-0.15, -0.1) is 0 Å². The number of nitrogens with zero attached hydrogens (tertiary/aromatic N) is 3. The molecule has 16 heavy (non-hydrogen) atoms. The second-order valence-corrected chi connectivity index (χ2v) is 3.75. The Morgan fingerprint density at radius 1 is 1.50 bits per heavy atom. The summed E-state index contributed by atoms with van der Waals surface area (Å²) in [6.45, 7) is 5.26. The van der Waals surface area contributed by atoms with E-state index in [4.69, 9.17) is 9.94 Å². The highest BCUT2D eigenvalue weighted by atomic mass is 16.5. The molecule has 1 saturated heterocycles. The fourth-order valence-electron chi connectivity index (χ4n) is 1.83. The first-order valence-corrected chi connectivity index (χ1v) is 5.28. The van der Waals surface area contributed by atoms with Gasteiger partial charge >= 0.3 is 0 Å². The molecule has 0 aromatic carbocycles. The van der Waals surface area contributed by atoms with Crippen molar-refractivity contribution in [3.05, 3.63) is 23.4 Å². The van der Waals surface area contributed by atoms with Crippen LogP contribution in [0.15, 0.2) is 17.4 Å². The minimum absolute atomic E-state index is 0.751. The standard InChI is InChI=1S/C11H15N3O2/c1-9-6-10(8-13-15)7-12-11(9)14-2-4-16-5-3-14/h6-8,15H,2-5H2,1H3/b13-8-.